The molecule has 0 spiro atoms. The van der Waals surface area contributed by atoms with Crippen molar-refractivity contribution in [2.24, 2.45) is 0 Å². The first kappa shape index (κ1) is 75.3. The molecule has 0 aromatic carbocycles. The van der Waals surface area contributed by atoms with Crippen LogP contribution in [0.2, 0.25) is 0 Å². The maximum absolute atomic E-state index is 12.5. The van der Waals surface area contributed by atoms with Crippen molar-refractivity contribution in [3.63, 3.8) is 0 Å². The molecule has 0 saturated carbocycles. The molecule has 77 heavy (non-hydrogen) atoms. The molecule has 0 heterocycles. The van der Waals surface area contributed by atoms with E-state index in [1.165, 1.54) is 315 Å². The smallest absolute Gasteiger partial charge is 0.305 e. The van der Waals surface area contributed by atoms with Crippen molar-refractivity contribution in [3.05, 3.63) is 24.3 Å². The van der Waals surface area contributed by atoms with Crippen molar-refractivity contribution in [3.8, 4) is 0 Å². The van der Waals surface area contributed by atoms with Gasteiger partial charge in [0.2, 0.25) is 5.91 Å². The zero-order valence-corrected chi connectivity index (χ0v) is 52.2. The second kappa shape index (κ2) is 66.8. The van der Waals surface area contributed by atoms with Crippen LogP contribution in [0.4, 0.5) is 0 Å². The summed E-state index contributed by atoms with van der Waals surface area (Å²) in [5.41, 5.74) is 0. The molecular weight excluding hydrogens is 947 g/mol. The van der Waals surface area contributed by atoms with Gasteiger partial charge < -0.3 is 20.3 Å². The van der Waals surface area contributed by atoms with Gasteiger partial charge in [0.1, 0.15) is 0 Å². The van der Waals surface area contributed by atoms with Crippen LogP contribution in [0.25, 0.3) is 0 Å². The van der Waals surface area contributed by atoms with Gasteiger partial charge in [0.25, 0.3) is 0 Å². The largest absolute Gasteiger partial charge is 0.466 e. The van der Waals surface area contributed by atoms with Gasteiger partial charge in [0, 0.05) is 12.8 Å². The first-order valence-electron chi connectivity index (χ1n) is 35.1. The summed E-state index contributed by atoms with van der Waals surface area (Å²) in [4.78, 5) is 24.6. The Balaban J connectivity index is 3.35. The van der Waals surface area contributed by atoms with Gasteiger partial charge in [-0.3, -0.25) is 9.59 Å². The van der Waals surface area contributed by atoms with Crippen LogP contribution < -0.4 is 5.32 Å². The summed E-state index contributed by atoms with van der Waals surface area (Å²) in [6, 6.07) is -0.540. The highest BCUT2D eigenvalue weighted by Gasteiger charge is 2.20. The Labute approximate surface area is 481 Å². The molecule has 2 atom stereocenters. The molecule has 456 valence electrons. The fraction of sp³-hybridized carbons (Fsp3) is 0.915. The van der Waals surface area contributed by atoms with E-state index >= 15 is 0 Å². The highest BCUT2D eigenvalue weighted by Crippen LogP contribution is 2.18. The predicted octanol–water partition coefficient (Wildman–Crippen LogP) is 22.5. The Morgan fingerprint density at radius 3 is 0.922 bits per heavy atom. The van der Waals surface area contributed by atoms with Gasteiger partial charge in [0.15, 0.2) is 0 Å². The van der Waals surface area contributed by atoms with Crippen molar-refractivity contribution < 1.29 is 24.5 Å². The molecular formula is C71H137NO5. The Morgan fingerprint density at radius 1 is 0.351 bits per heavy atom. The number of allylic oxidation sites excluding steroid dienone is 4. The Hall–Kier alpha value is -1.66. The van der Waals surface area contributed by atoms with E-state index in [1.54, 1.807) is 0 Å². The van der Waals surface area contributed by atoms with E-state index < -0.39 is 12.1 Å². The second-order valence-corrected chi connectivity index (χ2v) is 24.2. The van der Waals surface area contributed by atoms with Gasteiger partial charge in [0.05, 0.1) is 25.4 Å². The van der Waals surface area contributed by atoms with Gasteiger partial charge in [-0.15, -0.1) is 0 Å². The van der Waals surface area contributed by atoms with Gasteiger partial charge in [-0.1, -0.05) is 327 Å². The molecule has 0 radical (unpaired) electrons. The standard InChI is InChI=1S/C71H137NO5/c1-3-5-7-9-11-13-15-17-18-19-34-37-41-45-49-53-57-61-65-71(76)77-66-62-58-54-50-46-42-38-35-32-30-28-26-24-22-20-21-23-25-27-29-31-33-36-40-44-48-52-56-60-64-70(75)72-68(67-73)69(74)63-59-55-51-47-43-39-16-14-12-10-8-6-4-2/h18-20,22,68-69,73-74H,3-17,21,23-67H2,1-2H3,(H,72,75)/b19-18-,22-20-. The SMILES string of the molecule is CCCCCCCCC/C=C\CCCCCCCCCC(=O)OCCCCCCCCCCCCCC/C=C\CCCCCCCCCCCCCCCC(=O)NC(CO)C(O)CCCCCCCCCCCCCCC. The number of hydrogen-bond donors (Lipinski definition) is 3. The topological polar surface area (TPSA) is 95.9 Å². The van der Waals surface area contributed by atoms with E-state index in [2.05, 4.69) is 43.5 Å². The van der Waals surface area contributed by atoms with Crippen molar-refractivity contribution in [1.29, 1.82) is 0 Å². The molecule has 0 saturated heterocycles. The first-order chi connectivity index (χ1) is 38.0. The third-order valence-corrected chi connectivity index (χ3v) is 16.5. The van der Waals surface area contributed by atoms with E-state index in [0.29, 0.717) is 25.9 Å². The molecule has 0 bridgehead atoms. The molecule has 1 amide bonds. The zero-order valence-electron chi connectivity index (χ0n) is 52.2. The quantitative estimate of drug-likeness (QED) is 0.0320. The van der Waals surface area contributed by atoms with E-state index in [-0.39, 0.29) is 18.5 Å². The average Bonchev–Trinajstić information content (AvgIpc) is 3.43. The van der Waals surface area contributed by atoms with Crippen molar-refractivity contribution in [2.45, 2.75) is 405 Å². The molecule has 0 aliphatic rings. The van der Waals surface area contributed by atoms with Gasteiger partial charge in [-0.25, -0.2) is 0 Å². The molecule has 0 rings (SSSR count). The lowest BCUT2D eigenvalue weighted by atomic mass is 10.0. The van der Waals surface area contributed by atoms with Gasteiger partial charge in [-0.2, -0.15) is 0 Å². The molecule has 0 aromatic rings. The van der Waals surface area contributed by atoms with E-state index in [9.17, 15) is 19.8 Å². The van der Waals surface area contributed by atoms with Crippen molar-refractivity contribution in [2.75, 3.05) is 13.2 Å². The number of ether oxygens (including phenoxy) is 1. The van der Waals surface area contributed by atoms with Crippen LogP contribution in [-0.4, -0.2) is 47.4 Å². The van der Waals surface area contributed by atoms with E-state index in [4.69, 9.17) is 4.74 Å². The first-order valence-corrected chi connectivity index (χ1v) is 35.1. The number of aliphatic hydroxyl groups excluding tert-OH is 2. The minimum atomic E-state index is -0.663. The molecule has 2 unspecified atom stereocenters. The zero-order chi connectivity index (χ0) is 55.7. The van der Waals surface area contributed by atoms with Crippen LogP contribution in [0.15, 0.2) is 24.3 Å². The van der Waals surface area contributed by atoms with Gasteiger partial charge >= 0.3 is 5.97 Å². The summed E-state index contributed by atoms with van der Waals surface area (Å²) in [6.07, 6.45) is 83.7. The molecule has 0 fully saturated rings. The van der Waals surface area contributed by atoms with E-state index in [1.807, 2.05) is 0 Å². The predicted molar refractivity (Wildman–Crippen MR) is 338 cm³/mol. The summed E-state index contributed by atoms with van der Waals surface area (Å²) < 4.78 is 5.50. The van der Waals surface area contributed by atoms with E-state index in [0.717, 1.165) is 44.9 Å². The highest BCUT2D eigenvalue weighted by molar-refractivity contribution is 5.76. The summed E-state index contributed by atoms with van der Waals surface area (Å²) in [7, 11) is 0. The monoisotopic (exact) mass is 1080 g/mol. The van der Waals surface area contributed by atoms with Crippen molar-refractivity contribution in [1.82, 2.24) is 5.32 Å². The lowest BCUT2D eigenvalue weighted by Gasteiger charge is -2.22. The number of hydrogen-bond acceptors (Lipinski definition) is 5. The van der Waals surface area contributed by atoms with Crippen LogP contribution in [0.1, 0.15) is 393 Å². The minimum Gasteiger partial charge on any atom is -0.466 e. The third kappa shape index (κ3) is 63.4. The summed E-state index contributed by atoms with van der Waals surface area (Å²) >= 11 is 0. The third-order valence-electron chi connectivity index (χ3n) is 16.5. The van der Waals surface area contributed by atoms with Gasteiger partial charge in [-0.05, 0) is 77.0 Å². The molecule has 0 aliphatic carbocycles. The summed E-state index contributed by atoms with van der Waals surface area (Å²) in [5.74, 6) is -0.0180. The number of aliphatic hydroxyl groups is 2. The number of unbranched alkanes of at least 4 members (excludes halogenated alkanes) is 51. The highest BCUT2D eigenvalue weighted by atomic mass is 16.5. The maximum Gasteiger partial charge on any atom is 0.305 e. The lowest BCUT2D eigenvalue weighted by Crippen LogP contribution is -2.45. The molecule has 0 aromatic heterocycles. The summed E-state index contributed by atoms with van der Waals surface area (Å²) in [6.45, 7) is 4.98. The van der Waals surface area contributed by atoms with Crippen molar-refractivity contribution >= 4 is 11.9 Å². The molecule has 6 nitrogen and oxygen atoms in total. The Kier molecular flexibility index (Phi) is 65.4. The Morgan fingerprint density at radius 2 is 0.610 bits per heavy atom. The molecule has 6 heteroatoms. The van der Waals surface area contributed by atoms with Crippen LogP contribution in [0.5, 0.6) is 0 Å². The normalized spacial score (nSPS) is 12.6. The fourth-order valence-electron chi connectivity index (χ4n) is 11.1. The van der Waals surface area contributed by atoms with Crippen LogP contribution in [0, 0.1) is 0 Å². The number of rotatable bonds is 66. The fourth-order valence-corrected chi connectivity index (χ4v) is 11.1. The maximum atomic E-state index is 12.5. The molecule has 3 N–H and O–H groups in total. The van der Waals surface area contributed by atoms with Crippen LogP contribution >= 0.6 is 0 Å². The summed E-state index contributed by atoms with van der Waals surface area (Å²) in [5, 5.41) is 23.3. The number of esters is 1. The van der Waals surface area contributed by atoms with Crippen LogP contribution in [-0.2, 0) is 14.3 Å². The van der Waals surface area contributed by atoms with Crippen LogP contribution in [0.3, 0.4) is 0 Å². The minimum absolute atomic E-state index is 0.0142. The lowest BCUT2D eigenvalue weighted by molar-refractivity contribution is -0.143. The molecule has 0 aliphatic heterocycles. The number of carbonyl (C=O) groups is 2. The number of carbonyl (C=O) groups excluding carboxylic acids is 2. The number of nitrogens with one attached hydrogen (secondary N) is 1. The second-order valence-electron chi connectivity index (χ2n) is 24.2. The number of amides is 1. The average molecular weight is 1080 g/mol. The Bertz CT molecular complexity index is 1200.